The summed E-state index contributed by atoms with van der Waals surface area (Å²) in [7, 11) is -3.67. The first-order valence-corrected chi connectivity index (χ1v) is 8.49. The lowest BCUT2D eigenvalue weighted by Gasteiger charge is -2.23. The molecule has 6 heteroatoms. The molecule has 0 saturated heterocycles. The van der Waals surface area contributed by atoms with E-state index in [4.69, 9.17) is 6.42 Å². The van der Waals surface area contributed by atoms with Gasteiger partial charge in [0, 0.05) is 0 Å². The maximum Gasteiger partial charge on any atom is 0.286 e. The van der Waals surface area contributed by atoms with Crippen molar-refractivity contribution in [3.05, 3.63) is 23.8 Å². The van der Waals surface area contributed by atoms with Gasteiger partial charge in [-0.05, 0) is 23.1 Å². The number of hydrogen-bond acceptors (Lipinski definition) is 4. The number of amidine groups is 1. The number of nitrogens with one attached hydrogen (secondary N) is 1. The quantitative estimate of drug-likeness (QED) is 0.811. The predicted octanol–water partition coefficient (Wildman–Crippen LogP) is 2.82. The minimum absolute atomic E-state index is 0.118. The van der Waals surface area contributed by atoms with E-state index in [1.807, 2.05) is 26.8 Å². The molecule has 0 unspecified atom stereocenters. The average molecular weight is 308 g/mol. The van der Waals surface area contributed by atoms with Crippen LogP contribution in [0.2, 0.25) is 0 Å². The van der Waals surface area contributed by atoms with Gasteiger partial charge in [0.1, 0.15) is 4.90 Å². The summed E-state index contributed by atoms with van der Waals surface area (Å²) in [5.74, 6) is 2.81. The van der Waals surface area contributed by atoms with E-state index in [-0.39, 0.29) is 10.3 Å². The summed E-state index contributed by atoms with van der Waals surface area (Å²) < 4.78 is 28.2. The van der Waals surface area contributed by atoms with Gasteiger partial charge in [0.15, 0.2) is 5.17 Å². The monoisotopic (exact) mass is 308 g/mol. The number of nitrogens with zero attached hydrogens (tertiary/aromatic N) is 1. The van der Waals surface area contributed by atoms with Crippen molar-refractivity contribution in [2.45, 2.75) is 31.1 Å². The van der Waals surface area contributed by atoms with E-state index in [2.05, 4.69) is 15.6 Å². The van der Waals surface area contributed by atoms with E-state index in [1.165, 1.54) is 11.8 Å². The third-order valence-electron chi connectivity index (χ3n) is 2.86. The zero-order valence-electron chi connectivity index (χ0n) is 11.6. The molecule has 20 heavy (non-hydrogen) atoms. The van der Waals surface area contributed by atoms with E-state index >= 15 is 0 Å². The third-order valence-corrected chi connectivity index (χ3v) is 5.07. The van der Waals surface area contributed by atoms with Crippen LogP contribution in [0.25, 0.3) is 0 Å². The first-order chi connectivity index (χ1) is 9.24. The van der Waals surface area contributed by atoms with Crippen molar-refractivity contribution in [2.75, 3.05) is 11.1 Å². The van der Waals surface area contributed by atoms with Crippen LogP contribution >= 0.6 is 11.8 Å². The number of hydrogen-bond donors (Lipinski definition) is 1. The molecule has 1 heterocycles. The maximum atomic E-state index is 12.2. The van der Waals surface area contributed by atoms with Crippen molar-refractivity contribution in [2.24, 2.45) is 4.40 Å². The Hall–Kier alpha value is -1.45. The number of terminal acetylenes is 1. The van der Waals surface area contributed by atoms with E-state index in [0.717, 1.165) is 5.56 Å². The summed E-state index contributed by atoms with van der Waals surface area (Å²) in [6, 6.07) is 5.39. The smallest absolute Gasteiger partial charge is 0.286 e. The molecule has 2 rings (SSSR count). The normalized spacial score (nSPS) is 16.6. The fourth-order valence-electron chi connectivity index (χ4n) is 1.77. The summed E-state index contributed by atoms with van der Waals surface area (Å²) in [5.41, 5.74) is 1.39. The van der Waals surface area contributed by atoms with Crippen molar-refractivity contribution in [1.29, 1.82) is 0 Å². The number of sulfonamides is 1. The summed E-state index contributed by atoms with van der Waals surface area (Å²) in [6.07, 6.45) is 5.17. The van der Waals surface area contributed by atoms with Gasteiger partial charge in [-0.25, -0.2) is 0 Å². The Bertz CT molecular complexity index is 708. The van der Waals surface area contributed by atoms with E-state index in [0.29, 0.717) is 16.6 Å². The number of rotatable bonds is 1. The molecule has 0 fully saturated rings. The van der Waals surface area contributed by atoms with Crippen LogP contribution in [-0.2, 0) is 15.4 Å². The number of benzene rings is 1. The third kappa shape index (κ3) is 3.00. The van der Waals surface area contributed by atoms with Gasteiger partial charge in [-0.3, -0.25) is 0 Å². The lowest BCUT2D eigenvalue weighted by molar-refractivity contribution is 0.584. The second kappa shape index (κ2) is 5.15. The molecule has 0 bridgehead atoms. The van der Waals surface area contributed by atoms with Crippen molar-refractivity contribution >= 4 is 32.6 Å². The summed E-state index contributed by atoms with van der Waals surface area (Å²) in [5, 5.41) is 3.32. The molecule has 0 aliphatic carbocycles. The van der Waals surface area contributed by atoms with Crippen LogP contribution in [0, 0.1) is 12.3 Å². The average Bonchev–Trinajstić information content (AvgIpc) is 2.34. The highest BCUT2D eigenvalue weighted by Gasteiger charge is 2.27. The lowest BCUT2D eigenvalue weighted by Crippen LogP contribution is -2.20. The maximum absolute atomic E-state index is 12.2. The van der Waals surface area contributed by atoms with E-state index in [9.17, 15) is 8.42 Å². The molecule has 1 aliphatic heterocycles. The minimum Gasteiger partial charge on any atom is -0.333 e. The molecule has 0 amide bonds. The zero-order chi connectivity index (χ0) is 15.0. The van der Waals surface area contributed by atoms with Gasteiger partial charge in [-0.2, -0.15) is 8.42 Å². The second-order valence-electron chi connectivity index (χ2n) is 5.45. The van der Waals surface area contributed by atoms with Crippen LogP contribution in [0.5, 0.6) is 0 Å². The molecule has 4 nitrogen and oxygen atoms in total. The van der Waals surface area contributed by atoms with Crippen molar-refractivity contribution in [3.63, 3.8) is 0 Å². The molecule has 1 aromatic carbocycles. The van der Waals surface area contributed by atoms with Gasteiger partial charge < -0.3 is 5.32 Å². The topological polar surface area (TPSA) is 58.5 Å². The highest BCUT2D eigenvalue weighted by molar-refractivity contribution is 8.15. The molecule has 0 radical (unpaired) electrons. The number of anilines is 1. The Kier molecular flexibility index (Phi) is 3.85. The molecule has 0 atom stereocenters. The first kappa shape index (κ1) is 14.9. The van der Waals surface area contributed by atoms with Crippen LogP contribution in [0.3, 0.4) is 0 Å². The van der Waals surface area contributed by atoms with Crippen molar-refractivity contribution in [1.82, 2.24) is 0 Å². The molecular formula is C14H16N2O2S2. The molecule has 1 aromatic rings. The number of thioether (sulfide) groups is 1. The largest absolute Gasteiger partial charge is 0.333 e. The van der Waals surface area contributed by atoms with Gasteiger partial charge in [-0.1, -0.05) is 44.5 Å². The van der Waals surface area contributed by atoms with Gasteiger partial charge >= 0.3 is 0 Å². The van der Waals surface area contributed by atoms with Crippen LogP contribution in [-0.4, -0.2) is 19.3 Å². The minimum atomic E-state index is -3.67. The van der Waals surface area contributed by atoms with E-state index < -0.39 is 10.0 Å². The van der Waals surface area contributed by atoms with Gasteiger partial charge in [-0.15, -0.1) is 10.8 Å². The van der Waals surface area contributed by atoms with Crippen LogP contribution in [0.4, 0.5) is 5.69 Å². The van der Waals surface area contributed by atoms with Crippen LogP contribution < -0.4 is 5.32 Å². The Labute approximate surface area is 124 Å². The molecule has 0 aromatic heterocycles. The Balaban J connectivity index is 2.46. The number of fused-ring (bicyclic) bond motifs is 1. The van der Waals surface area contributed by atoms with Crippen LogP contribution in [0.1, 0.15) is 26.3 Å². The molecule has 1 aliphatic rings. The summed E-state index contributed by atoms with van der Waals surface area (Å²) in [6.45, 7) is 6.11. The Morgan fingerprint density at radius 2 is 2.10 bits per heavy atom. The van der Waals surface area contributed by atoms with Crippen molar-refractivity contribution < 1.29 is 8.42 Å². The summed E-state index contributed by atoms with van der Waals surface area (Å²) >= 11 is 1.20. The highest BCUT2D eigenvalue weighted by atomic mass is 32.2. The van der Waals surface area contributed by atoms with Gasteiger partial charge in [0.05, 0.1) is 11.4 Å². The molecular weight excluding hydrogens is 292 g/mol. The Morgan fingerprint density at radius 3 is 2.70 bits per heavy atom. The fourth-order valence-corrected chi connectivity index (χ4v) is 3.72. The lowest BCUT2D eigenvalue weighted by atomic mass is 9.87. The van der Waals surface area contributed by atoms with Crippen LogP contribution in [0.15, 0.2) is 27.5 Å². The first-order valence-electron chi connectivity index (χ1n) is 6.07. The Morgan fingerprint density at radius 1 is 1.40 bits per heavy atom. The molecule has 1 N–H and O–H groups in total. The fraction of sp³-hybridized carbons (Fsp3) is 0.357. The molecule has 0 spiro atoms. The van der Waals surface area contributed by atoms with E-state index in [1.54, 1.807) is 12.1 Å². The summed E-state index contributed by atoms with van der Waals surface area (Å²) in [4.78, 5) is 0.218. The SMILES string of the molecule is C#CCSC1=NS(=O)(=O)c2cc(C(C)(C)C)ccc2N1. The van der Waals surface area contributed by atoms with Crippen molar-refractivity contribution in [3.8, 4) is 12.3 Å². The molecule has 0 saturated carbocycles. The standard InChI is InChI=1S/C14H16N2O2S2/c1-5-8-19-13-15-11-7-6-10(14(2,3)4)9-12(11)20(17,18)16-13/h1,6-7,9H,8H2,2-4H3,(H,15,16). The van der Waals surface area contributed by atoms with Gasteiger partial charge in [0.25, 0.3) is 10.0 Å². The predicted molar refractivity (Wildman–Crippen MR) is 84.7 cm³/mol. The highest BCUT2D eigenvalue weighted by Crippen LogP contribution is 2.33. The molecule has 106 valence electrons. The van der Waals surface area contributed by atoms with Gasteiger partial charge in [0.2, 0.25) is 0 Å². The second-order valence-corrected chi connectivity index (χ2v) is 7.99. The zero-order valence-corrected chi connectivity index (χ0v) is 13.2.